The van der Waals surface area contributed by atoms with Crippen molar-refractivity contribution in [3.8, 4) is 5.75 Å². The second-order valence-electron chi connectivity index (χ2n) is 2.28. The summed E-state index contributed by atoms with van der Waals surface area (Å²) < 4.78 is 28.1. The second-order valence-corrected chi connectivity index (χ2v) is 3.16. The first-order chi connectivity index (χ1) is 7.02. The molecule has 82 valence electrons. The summed E-state index contributed by atoms with van der Waals surface area (Å²) in [6.07, 6.45) is 0. The molecule has 1 aromatic rings. The van der Waals surface area contributed by atoms with Crippen LogP contribution in [0.4, 0.5) is 0 Å². The summed E-state index contributed by atoms with van der Waals surface area (Å²) in [5.74, 6) is -0.385. The monoisotopic (exact) mass is 250 g/mol. The molecule has 6 nitrogen and oxygen atoms in total. The van der Waals surface area contributed by atoms with Gasteiger partial charge >= 0.3 is 35.3 Å². The summed E-state index contributed by atoms with van der Waals surface area (Å²) in [5.41, 5.74) is 0. The minimum absolute atomic E-state index is 0.288. The molecule has 0 saturated carbocycles. The molecule has 1 aromatic carbocycles. The third-order valence-electron chi connectivity index (χ3n) is 1.11. The van der Waals surface area contributed by atoms with Crippen LogP contribution in [0.25, 0.3) is 0 Å². The van der Waals surface area contributed by atoms with E-state index in [-0.39, 0.29) is 6.61 Å². The number of hydrogen-bond donors (Lipinski definition) is 3. The Bertz CT molecular complexity index is 308. The van der Waals surface area contributed by atoms with Gasteiger partial charge in [-0.3, -0.25) is 0 Å². The topological polar surface area (TPSA) is 104 Å². The zero-order valence-electron chi connectivity index (χ0n) is 7.66. The van der Waals surface area contributed by atoms with Crippen molar-refractivity contribution in [2.45, 2.75) is 0 Å². The molecular formula is C8H10O6Ti. The van der Waals surface area contributed by atoms with Crippen LogP contribution in [-0.4, -0.2) is 25.1 Å². The normalized spacial score (nSPS) is 8.40. The van der Waals surface area contributed by atoms with Crippen LogP contribution >= 0.6 is 0 Å². The van der Waals surface area contributed by atoms with E-state index in [1.807, 2.05) is 6.07 Å². The van der Waals surface area contributed by atoms with Crippen LogP contribution in [0.3, 0.4) is 0 Å². The molecule has 0 amide bonds. The number of hydrogen-bond acceptors (Lipinski definition) is 3. The van der Waals surface area contributed by atoms with Gasteiger partial charge in [-0.1, -0.05) is 18.2 Å². The minimum atomic E-state index is -3.58. The van der Waals surface area contributed by atoms with Crippen LogP contribution in [0.5, 0.6) is 5.75 Å². The molecule has 0 saturated heterocycles. The van der Waals surface area contributed by atoms with E-state index in [1.165, 1.54) is 0 Å². The molecule has 0 radical (unpaired) electrons. The van der Waals surface area contributed by atoms with E-state index < -0.39 is 24.6 Å². The van der Waals surface area contributed by atoms with Gasteiger partial charge in [0.05, 0.1) is 0 Å². The quantitative estimate of drug-likeness (QED) is 0.648. The summed E-state index contributed by atoms with van der Waals surface area (Å²) in [6, 6.07) is 8.84. The van der Waals surface area contributed by atoms with Crippen molar-refractivity contribution in [3.05, 3.63) is 30.3 Å². The Hall–Kier alpha value is -1.08. The van der Waals surface area contributed by atoms with Gasteiger partial charge in [0.15, 0.2) is 6.61 Å². The van der Waals surface area contributed by atoms with Crippen molar-refractivity contribution in [2.24, 2.45) is 0 Å². The Kier molecular flexibility index (Phi) is 7.66. The molecule has 3 N–H and O–H groups in total. The number of carboxylic acid groups (broad SMARTS) is 1. The molecule has 0 aliphatic heterocycles. The van der Waals surface area contributed by atoms with Crippen molar-refractivity contribution in [3.63, 3.8) is 0 Å². The fraction of sp³-hybridized carbons (Fsp3) is 0.125. The van der Waals surface area contributed by atoms with Gasteiger partial charge < -0.3 is 9.84 Å². The standard InChI is InChI=1S/C8H8O3.2H2O.O.Ti/c9-8(10)6-11-7-4-2-1-3-5-7;;;;/h1-5H,6H2,(H,9,10);2*1H2;;/q;;;;+2/p-2. The van der Waals surface area contributed by atoms with Crippen molar-refractivity contribution in [1.82, 2.24) is 0 Å². The van der Waals surface area contributed by atoms with Gasteiger partial charge in [-0.15, -0.1) is 0 Å². The van der Waals surface area contributed by atoms with E-state index in [0.717, 1.165) is 0 Å². The number of benzene rings is 1. The molecule has 0 fully saturated rings. The summed E-state index contributed by atoms with van der Waals surface area (Å²) in [7, 11) is 0. The number of carbonyl (C=O) groups is 1. The van der Waals surface area contributed by atoms with Crippen LogP contribution in [0.2, 0.25) is 0 Å². The fourth-order valence-corrected chi connectivity index (χ4v) is 0.662. The molecule has 1 rings (SSSR count). The van der Waals surface area contributed by atoms with Crippen molar-refractivity contribution >= 4 is 5.97 Å². The van der Waals surface area contributed by atoms with E-state index in [9.17, 15) is 4.79 Å². The van der Waals surface area contributed by atoms with Crippen molar-refractivity contribution in [2.75, 3.05) is 6.61 Å². The van der Waals surface area contributed by atoms with E-state index in [0.29, 0.717) is 5.75 Å². The molecule has 0 heterocycles. The van der Waals surface area contributed by atoms with Gasteiger partial charge in [0, 0.05) is 0 Å². The van der Waals surface area contributed by atoms with Crippen molar-refractivity contribution in [1.29, 1.82) is 0 Å². The third kappa shape index (κ3) is 10.8. The Morgan fingerprint density at radius 2 is 1.73 bits per heavy atom. The Morgan fingerprint density at radius 3 is 2.13 bits per heavy atom. The Morgan fingerprint density at radius 1 is 1.27 bits per heavy atom. The molecule has 0 bridgehead atoms. The molecule has 0 aliphatic rings. The molecular weight excluding hydrogens is 240 g/mol. The van der Waals surface area contributed by atoms with Gasteiger partial charge in [-0.05, 0) is 12.1 Å². The zero-order valence-corrected chi connectivity index (χ0v) is 9.22. The van der Waals surface area contributed by atoms with Gasteiger partial charge in [0.1, 0.15) is 5.75 Å². The molecule has 0 unspecified atom stereocenters. The van der Waals surface area contributed by atoms with E-state index >= 15 is 0 Å². The van der Waals surface area contributed by atoms with Crippen LogP contribution in [0, 0.1) is 0 Å². The Labute approximate surface area is 92.8 Å². The van der Waals surface area contributed by atoms with Crippen LogP contribution in [0.1, 0.15) is 0 Å². The van der Waals surface area contributed by atoms with E-state index in [2.05, 4.69) is 0 Å². The number of rotatable bonds is 3. The first-order valence-corrected chi connectivity index (χ1v) is 5.87. The molecule has 7 heteroatoms. The average Bonchev–Trinajstić information content (AvgIpc) is 2.15. The predicted molar refractivity (Wildman–Crippen MR) is 44.7 cm³/mol. The number of para-hydroxylation sites is 1. The summed E-state index contributed by atoms with van der Waals surface area (Å²) in [6.45, 7) is -0.288. The van der Waals surface area contributed by atoms with Crippen molar-refractivity contribution < 1.29 is 44.0 Å². The van der Waals surface area contributed by atoms with Gasteiger partial charge in [-0.25, -0.2) is 4.79 Å². The molecule has 15 heavy (non-hydrogen) atoms. The van der Waals surface area contributed by atoms with Gasteiger partial charge in [0.25, 0.3) is 0 Å². The van der Waals surface area contributed by atoms with Crippen LogP contribution < -0.4 is 4.74 Å². The zero-order chi connectivity index (χ0) is 11.7. The van der Waals surface area contributed by atoms with E-state index in [1.54, 1.807) is 24.3 Å². The first kappa shape index (κ1) is 13.9. The average molecular weight is 250 g/mol. The first-order valence-electron chi connectivity index (χ1n) is 3.84. The van der Waals surface area contributed by atoms with Gasteiger partial charge in [-0.2, -0.15) is 0 Å². The maximum absolute atomic E-state index is 10.0. The molecule has 0 spiro atoms. The third-order valence-corrected chi connectivity index (χ3v) is 1.11. The second kappa shape index (κ2) is 8.25. The van der Waals surface area contributed by atoms with Crippen LogP contribution in [0.15, 0.2) is 30.3 Å². The predicted octanol–water partition coefficient (Wildman–Crippen LogP) is -0.0853. The summed E-state index contributed by atoms with van der Waals surface area (Å²) in [5, 5.41) is 8.25. The van der Waals surface area contributed by atoms with E-state index in [4.69, 9.17) is 20.5 Å². The molecule has 0 aliphatic carbocycles. The summed E-state index contributed by atoms with van der Waals surface area (Å²) >= 11 is -3.58. The van der Waals surface area contributed by atoms with Crippen LogP contribution in [-0.2, 0) is 26.7 Å². The molecule has 0 aromatic heterocycles. The summed E-state index contributed by atoms with van der Waals surface area (Å²) in [4.78, 5) is 10.0. The molecule has 0 atom stereocenters. The van der Waals surface area contributed by atoms with Gasteiger partial charge in [0.2, 0.25) is 0 Å². The Balaban J connectivity index is 0.000000423. The fourth-order valence-electron chi connectivity index (χ4n) is 0.662. The number of aliphatic carboxylic acids is 1. The SMILES string of the molecule is O=C(O)COc1ccccc1.[O]=[Ti]([OH])[OH]. The maximum atomic E-state index is 10.0. The number of carboxylic acids is 1. The number of ether oxygens (including phenoxy) is 1.